The normalized spacial score (nSPS) is 10.3. The van der Waals surface area contributed by atoms with Crippen molar-refractivity contribution in [2.24, 2.45) is 0 Å². The summed E-state index contributed by atoms with van der Waals surface area (Å²) >= 11 is 0. The highest BCUT2D eigenvalue weighted by Crippen LogP contribution is 2.27. The van der Waals surface area contributed by atoms with E-state index in [2.05, 4.69) is 0 Å². The molecule has 4 nitrogen and oxygen atoms in total. The van der Waals surface area contributed by atoms with Gasteiger partial charge in [-0.25, -0.2) is 0 Å². The topological polar surface area (TPSA) is 38.8 Å². The Balaban J connectivity index is 1.61. The van der Waals surface area contributed by atoms with Crippen LogP contribution in [0.3, 0.4) is 0 Å². The van der Waals surface area contributed by atoms with Gasteiger partial charge in [0.25, 0.3) is 5.91 Å². The summed E-state index contributed by atoms with van der Waals surface area (Å²) in [6.07, 6.45) is 0. The summed E-state index contributed by atoms with van der Waals surface area (Å²) in [7, 11) is 1.75. The minimum atomic E-state index is -0.126. The van der Waals surface area contributed by atoms with Gasteiger partial charge in [0.2, 0.25) is 0 Å². The first-order valence-electron chi connectivity index (χ1n) is 8.85. The fraction of sp³-hybridized carbons (Fsp3) is 0.174. The number of carbonyl (C=O) groups is 1. The molecule has 0 aromatic heterocycles. The number of hydrogen-bond donors (Lipinski definition) is 0. The molecule has 0 saturated heterocycles. The van der Waals surface area contributed by atoms with Crippen molar-refractivity contribution < 1.29 is 14.3 Å². The quantitative estimate of drug-likeness (QED) is 0.616. The molecule has 4 heteroatoms. The minimum absolute atomic E-state index is 0.0594. The fourth-order valence-corrected chi connectivity index (χ4v) is 2.64. The van der Waals surface area contributed by atoms with E-state index in [9.17, 15) is 4.79 Å². The third kappa shape index (κ3) is 5.11. The molecular weight excluding hydrogens is 338 g/mol. The number of amides is 1. The predicted octanol–water partition coefficient (Wildman–Crippen LogP) is 4.62. The van der Waals surface area contributed by atoms with Gasteiger partial charge in [-0.3, -0.25) is 4.79 Å². The third-order valence-corrected chi connectivity index (χ3v) is 4.20. The van der Waals surface area contributed by atoms with Crippen molar-refractivity contribution in [2.45, 2.75) is 13.5 Å². The van der Waals surface area contributed by atoms with Crippen molar-refractivity contribution in [2.75, 3.05) is 18.6 Å². The lowest BCUT2D eigenvalue weighted by Gasteiger charge is -2.19. The van der Waals surface area contributed by atoms with E-state index in [-0.39, 0.29) is 12.5 Å². The maximum Gasteiger partial charge on any atom is 0.264 e. The number of ether oxygens (including phenoxy) is 2. The zero-order chi connectivity index (χ0) is 19.1. The van der Waals surface area contributed by atoms with E-state index in [0.29, 0.717) is 18.1 Å². The van der Waals surface area contributed by atoms with E-state index < -0.39 is 0 Å². The van der Waals surface area contributed by atoms with E-state index in [1.54, 1.807) is 18.0 Å². The van der Waals surface area contributed by atoms with E-state index in [4.69, 9.17) is 9.47 Å². The molecule has 0 saturated carbocycles. The second-order valence-electron chi connectivity index (χ2n) is 6.30. The van der Waals surface area contributed by atoms with E-state index in [1.165, 1.54) is 0 Å². The van der Waals surface area contributed by atoms with Crippen molar-refractivity contribution >= 4 is 11.6 Å². The maximum absolute atomic E-state index is 12.5. The number of likely N-dealkylation sites (N-methyl/N-ethyl adjacent to an activating group) is 1. The van der Waals surface area contributed by atoms with Gasteiger partial charge in [-0.15, -0.1) is 0 Å². The number of hydrogen-bond acceptors (Lipinski definition) is 3. The molecule has 0 aliphatic heterocycles. The van der Waals surface area contributed by atoms with Crippen molar-refractivity contribution in [3.05, 3.63) is 90.0 Å². The second-order valence-corrected chi connectivity index (χ2v) is 6.30. The number of anilines is 1. The van der Waals surface area contributed by atoms with Crippen LogP contribution >= 0.6 is 0 Å². The highest BCUT2D eigenvalue weighted by Gasteiger charge is 2.13. The first-order chi connectivity index (χ1) is 13.1. The summed E-state index contributed by atoms with van der Waals surface area (Å²) in [5, 5.41) is 0. The van der Waals surface area contributed by atoms with Crippen molar-refractivity contribution in [1.29, 1.82) is 0 Å². The zero-order valence-electron chi connectivity index (χ0n) is 15.6. The summed E-state index contributed by atoms with van der Waals surface area (Å²) in [6.45, 7) is 2.38. The van der Waals surface area contributed by atoms with E-state index in [0.717, 1.165) is 16.8 Å². The minimum Gasteiger partial charge on any atom is -0.485 e. The molecule has 27 heavy (non-hydrogen) atoms. The lowest BCUT2D eigenvalue weighted by Crippen LogP contribution is -2.31. The van der Waals surface area contributed by atoms with Gasteiger partial charge in [-0.2, -0.15) is 0 Å². The van der Waals surface area contributed by atoms with Crippen LogP contribution in [0, 0.1) is 6.92 Å². The molecule has 3 rings (SSSR count). The third-order valence-electron chi connectivity index (χ3n) is 4.20. The lowest BCUT2D eigenvalue weighted by molar-refractivity contribution is -0.120. The van der Waals surface area contributed by atoms with Crippen molar-refractivity contribution in [3.8, 4) is 11.5 Å². The SMILES string of the molecule is Cc1cccc(N(C)C(=O)COc2ccccc2OCc2ccccc2)c1. The highest BCUT2D eigenvalue weighted by atomic mass is 16.5. The van der Waals surface area contributed by atoms with Crippen LogP contribution in [0.4, 0.5) is 5.69 Å². The molecule has 1 amide bonds. The van der Waals surface area contributed by atoms with Crippen LogP contribution in [0.5, 0.6) is 11.5 Å². The Bertz CT molecular complexity index is 893. The summed E-state index contributed by atoms with van der Waals surface area (Å²) in [5.41, 5.74) is 3.02. The molecule has 0 unspecified atom stereocenters. The van der Waals surface area contributed by atoms with Gasteiger partial charge >= 0.3 is 0 Å². The molecule has 0 fully saturated rings. The number of benzene rings is 3. The summed E-state index contributed by atoms with van der Waals surface area (Å²) < 4.78 is 11.6. The molecule has 3 aromatic carbocycles. The van der Waals surface area contributed by atoms with Gasteiger partial charge in [0, 0.05) is 12.7 Å². The predicted molar refractivity (Wildman–Crippen MR) is 107 cm³/mol. The molecular formula is C23H23NO3. The summed E-state index contributed by atoms with van der Waals surface area (Å²) in [5.74, 6) is 1.05. The molecule has 138 valence electrons. The standard InChI is InChI=1S/C23H23NO3/c1-18-9-8-12-20(15-18)24(2)23(25)17-27-22-14-7-6-13-21(22)26-16-19-10-4-3-5-11-19/h3-15H,16-17H2,1-2H3. The number of nitrogens with zero attached hydrogens (tertiary/aromatic N) is 1. The van der Waals surface area contributed by atoms with Crippen molar-refractivity contribution in [3.63, 3.8) is 0 Å². The summed E-state index contributed by atoms with van der Waals surface area (Å²) in [4.78, 5) is 14.1. The molecule has 0 aliphatic carbocycles. The molecule has 0 spiro atoms. The molecule has 0 heterocycles. The maximum atomic E-state index is 12.5. The Morgan fingerprint density at radius 3 is 2.22 bits per heavy atom. The van der Waals surface area contributed by atoms with Gasteiger partial charge in [0.1, 0.15) is 6.61 Å². The Morgan fingerprint density at radius 1 is 0.852 bits per heavy atom. The van der Waals surface area contributed by atoms with E-state index in [1.807, 2.05) is 79.7 Å². The van der Waals surface area contributed by atoms with Gasteiger partial charge in [-0.05, 0) is 42.3 Å². The number of rotatable bonds is 7. The van der Waals surface area contributed by atoms with Crippen LogP contribution in [-0.2, 0) is 11.4 Å². The number of carbonyl (C=O) groups excluding carboxylic acids is 1. The fourth-order valence-electron chi connectivity index (χ4n) is 2.64. The van der Waals surface area contributed by atoms with Crippen LogP contribution in [-0.4, -0.2) is 19.6 Å². The average molecular weight is 361 g/mol. The van der Waals surface area contributed by atoms with Crippen molar-refractivity contribution in [1.82, 2.24) is 0 Å². The van der Waals surface area contributed by atoms with Gasteiger partial charge in [0.05, 0.1) is 0 Å². The number of para-hydroxylation sites is 2. The van der Waals surface area contributed by atoms with Crippen LogP contribution in [0.2, 0.25) is 0 Å². The van der Waals surface area contributed by atoms with Crippen LogP contribution in [0.25, 0.3) is 0 Å². The average Bonchev–Trinajstić information content (AvgIpc) is 2.71. The molecule has 0 N–H and O–H groups in total. The zero-order valence-corrected chi connectivity index (χ0v) is 15.6. The van der Waals surface area contributed by atoms with Gasteiger partial charge < -0.3 is 14.4 Å². The molecule has 0 bridgehead atoms. The lowest BCUT2D eigenvalue weighted by atomic mass is 10.2. The molecule has 0 radical (unpaired) electrons. The highest BCUT2D eigenvalue weighted by molar-refractivity contribution is 5.94. The van der Waals surface area contributed by atoms with Gasteiger partial charge in [-0.1, -0.05) is 54.6 Å². The van der Waals surface area contributed by atoms with Crippen LogP contribution in [0.15, 0.2) is 78.9 Å². The second kappa shape index (κ2) is 8.90. The van der Waals surface area contributed by atoms with Gasteiger partial charge in [0.15, 0.2) is 18.1 Å². The monoisotopic (exact) mass is 361 g/mol. The largest absolute Gasteiger partial charge is 0.485 e. The van der Waals surface area contributed by atoms with E-state index >= 15 is 0 Å². The molecule has 3 aromatic rings. The number of aryl methyl sites for hydroxylation is 1. The van der Waals surface area contributed by atoms with Crippen LogP contribution in [0.1, 0.15) is 11.1 Å². The smallest absolute Gasteiger partial charge is 0.264 e. The Morgan fingerprint density at radius 2 is 1.52 bits per heavy atom. The summed E-state index contributed by atoms with van der Waals surface area (Å²) in [6, 6.07) is 25.1. The Hall–Kier alpha value is -3.27. The molecule has 0 aliphatic rings. The first kappa shape index (κ1) is 18.5. The molecule has 0 atom stereocenters. The van der Waals surface area contributed by atoms with Crippen LogP contribution < -0.4 is 14.4 Å². The Kier molecular flexibility index (Phi) is 6.10. The Labute approximate surface area is 160 Å². The first-order valence-corrected chi connectivity index (χ1v) is 8.85.